The molecule has 0 radical (unpaired) electrons. The van der Waals surface area contributed by atoms with E-state index in [1.807, 2.05) is 0 Å². The van der Waals surface area contributed by atoms with E-state index in [1.165, 1.54) is 24.5 Å². The van der Waals surface area contributed by atoms with Crippen LogP contribution in [0.1, 0.15) is 37.4 Å². The fourth-order valence-corrected chi connectivity index (χ4v) is 2.61. The van der Waals surface area contributed by atoms with E-state index in [9.17, 15) is 14.0 Å². The van der Waals surface area contributed by atoms with Crippen LogP contribution in [-0.4, -0.2) is 16.8 Å². The molecule has 7 heteroatoms. The molecule has 0 aliphatic rings. The summed E-state index contributed by atoms with van der Waals surface area (Å²) in [6.07, 6.45) is 2.88. The van der Waals surface area contributed by atoms with Crippen molar-refractivity contribution in [2.75, 3.05) is 5.32 Å². The molecule has 0 saturated carbocycles. The Balaban J connectivity index is 1.80. The number of pyridine rings is 1. The molecule has 0 atom stereocenters. The monoisotopic (exact) mass is 403 g/mol. The van der Waals surface area contributed by atoms with Crippen LogP contribution in [0.2, 0.25) is 0 Å². The highest BCUT2D eigenvalue weighted by Gasteiger charge is 2.12. The van der Waals surface area contributed by atoms with E-state index >= 15 is 0 Å². The van der Waals surface area contributed by atoms with Crippen molar-refractivity contribution in [3.63, 3.8) is 0 Å². The summed E-state index contributed by atoms with van der Waals surface area (Å²) in [5.74, 6) is 4.15. The number of rotatable bonds is 3. The van der Waals surface area contributed by atoms with Gasteiger partial charge in [-0.15, -0.1) is 4.36 Å². The first-order valence-corrected chi connectivity index (χ1v) is 8.85. The average Bonchev–Trinajstić information content (AvgIpc) is 2.73. The lowest BCUT2D eigenvalue weighted by Crippen LogP contribution is -2.14. The topological polar surface area (TPSA) is 71.4 Å². The molecule has 0 spiro atoms. The first kappa shape index (κ1) is 20.0. The number of hydrogen-bond donors (Lipinski definition) is 1. The van der Waals surface area contributed by atoms with Crippen molar-refractivity contribution in [3.8, 4) is 11.8 Å². The van der Waals surface area contributed by atoms with Crippen LogP contribution in [-0.2, 0) is 12.4 Å². The highest BCUT2D eigenvalue weighted by Crippen LogP contribution is 2.15. The summed E-state index contributed by atoms with van der Waals surface area (Å²) in [6.45, 7) is 1.78. The predicted octanol–water partition coefficient (Wildman–Crippen LogP) is 4.05. The zero-order chi connectivity index (χ0) is 20.8. The van der Waals surface area contributed by atoms with Gasteiger partial charge in [-0.2, -0.15) is 0 Å². The second kappa shape index (κ2) is 8.95. The first-order chi connectivity index (χ1) is 14.0. The summed E-state index contributed by atoms with van der Waals surface area (Å²) in [4.78, 5) is 27.8. The van der Waals surface area contributed by atoms with Crippen molar-refractivity contribution in [1.82, 2.24) is 4.98 Å². The molecular formula is C22H14FN3O2S. The Morgan fingerprint density at radius 2 is 1.86 bits per heavy atom. The van der Waals surface area contributed by atoms with Crippen LogP contribution in [0.15, 0.2) is 65.3 Å². The van der Waals surface area contributed by atoms with Gasteiger partial charge < -0.3 is 5.32 Å². The molecule has 0 saturated heterocycles. The number of aryl methyl sites for hydroxylation is 1. The molecule has 1 heterocycles. The van der Waals surface area contributed by atoms with E-state index in [1.54, 1.807) is 43.3 Å². The van der Waals surface area contributed by atoms with Crippen molar-refractivity contribution < 1.29 is 14.0 Å². The summed E-state index contributed by atoms with van der Waals surface area (Å²) in [7, 11) is 0. The van der Waals surface area contributed by atoms with Crippen LogP contribution in [0.5, 0.6) is 0 Å². The number of nitrogens with zero attached hydrogens (tertiary/aromatic N) is 2. The minimum absolute atomic E-state index is 0.0267. The summed E-state index contributed by atoms with van der Waals surface area (Å²) in [5.41, 5.74) is 2.64. The number of halogens is 1. The SMILES string of the molecule is Cc1ccc(F)c(C(=O)Nc2cccc(C#Cc3cncc(C(=O)N=S)c3)c2)c1. The maximum atomic E-state index is 13.9. The zero-order valence-corrected chi connectivity index (χ0v) is 16.1. The summed E-state index contributed by atoms with van der Waals surface area (Å²) in [5, 5.41) is 2.67. The number of carbonyl (C=O) groups excluding carboxylic acids is 2. The Morgan fingerprint density at radius 1 is 1.07 bits per heavy atom. The average molecular weight is 403 g/mol. The van der Waals surface area contributed by atoms with E-state index in [4.69, 9.17) is 0 Å². The van der Waals surface area contributed by atoms with Gasteiger partial charge in [-0.25, -0.2) is 4.39 Å². The van der Waals surface area contributed by atoms with Gasteiger partial charge in [0.15, 0.2) is 0 Å². The Labute approximate surface area is 172 Å². The van der Waals surface area contributed by atoms with Crippen molar-refractivity contribution in [2.45, 2.75) is 6.92 Å². The van der Waals surface area contributed by atoms with Crippen molar-refractivity contribution in [2.24, 2.45) is 4.36 Å². The lowest BCUT2D eigenvalue weighted by atomic mass is 10.1. The zero-order valence-electron chi connectivity index (χ0n) is 15.3. The molecule has 2 amide bonds. The highest BCUT2D eigenvalue weighted by atomic mass is 32.1. The smallest absolute Gasteiger partial charge is 0.289 e. The number of hydrogen-bond acceptors (Lipinski definition) is 4. The Kier molecular flexibility index (Phi) is 6.17. The fraction of sp³-hybridized carbons (Fsp3) is 0.0455. The quantitative estimate of drug-likeness (QED) is 0.670. The minimum atomic E-state index is -0.586. The molecule has 0 aliphatic carbocycles. The minimum Gasteiger partial charge on any atom is -0.322 e. The molecule has 0 aliphatic heterocycles. The third-order valence-electron chi connectivity index (χ3n) is 3.91. The number of nitrogens with one attached hydrogen (secondary N) is 1. The number of benzene rings is 2. The Morgan fingerprint density at radius 3 is 2.66 bits per heavy atom. The van der Waals surface area contributed by atoms with Crippen molar-refractivity contribution >= 4 is 29.9 Å². The van der Waals surface area contributed by atoms with Gasteiger partial charge >= 0.3 is 0 Å². The van der Waals surface area contributed by atoms with Gasteiger partial charge in [0.2, 0.25) is 0 Å². The molecule has 5 nitrogen and oxygen atoms in total. The van der Waals surface area contributed by atoms with Gasteiger partial charge in [0.1, 0.15) is 5.82 Å². The third kappa shape index (κ3) is 5.15. The molecular weight excluding hydrogens is 389 g/mol. The van der Waals surface area contributed by atoms with Gasteiger partial charge in [-0.3, -0.25) is 14.6 Å². The standard InChI is InChI=1S/C22H14FN3O2S/c1-14-5-8-20(23)19(9-14)22(28)25-18-4-2-3-15(11-18)6-7-16-10-17(13-24-12-16)21(27)26-29/h2-5,8-13H,1H3,(H,25,28). The molecule has 0 bridgehead atoms. The van der Waals surface area contributed by atoms with E-state index in [2.05, 4.69) is 38.9 Å². The Hall–Kier alpha value is -3.76. The molecule has 3 rings (SSSR count). The number of anilines is 1. The lowest BCUT2D eigenvalue weighted by Gasteiger charge is -2.07. The second-order valence-electron chi connectivity index (χ2n) is 6.13. The van der Waals surface area contributed by atoms with E-state index in [0.29, 0.717) is 16.8 Å². The van der Waals surface area contributed by atoms with Crippen LogP contribution in [0, 0.1) is 24.6 Å². The maximum Gasteiger partial charge on any atom is 0.289 e. The molecule has 1 aromatic heterocycles. The third-order valence-corrected chi connectivity index (χ3v) is 4.07. The second-order valence-corrected chi connectivity index (χ2v) is 6.31. The van der Waals surface area contributed by atoms with Crippen molar-refractivity contribution in [3.05, 3.63) is 94.6 Å². The van der Waals surface area contributed by atoms with Gasteiger partial charge in [0.25, 0.3) is 11.8 Å². The fourth-order valence-electron chi connectivity index (χ4n) is 2.51. The maximum absolute atomic E-state index is 13.9. The Bertz CT molecular complexity index is 1180. The lowest BCUT2D eigenvalue weighted by molar-refractivity contribution is 0.100. The number of amides is 2. The summed E-state index contributed by atoms with van der Waals surface area (Å²) < 4.78 is 17.1. The molecule has 142 valence electrons. The van der Waals surface area contributed by atoms with Gasteiger partial charge in [0.05, 0.1) is 11.1 Å². The van der Waals surface area contributed by atoms with Crippen LogP contribution in [0.3, 0.4) is 0 Å². The molecule has 1 N–H and O–H groups in total. The molecule has 29 heavy (non-hydrogen) atoms. The highest BCUT2D eigenvalue weighted by molar-refractivity contribution is 7.47. The van der Waals surface area contributed by atoms with Gasteiger partial charge in [0, 0.05) is 41.6 Å². The van der Waals surface area contributed by atoms with Crippen LogP contribution in [0.4, 0.5) is 10.1 Å². The van der Waals surface area contributed by atoms with E-state index in [0.717, 1.165) is 5.56 Å². The molecule has 0 fully saturated rings. The van der Waals surface area contributed by atoms with Crippen LogP contribution in [0.25, 0.3) is 0 Å². The first-order valence-electron chi connectivity index (χ1n) is 8.48. The molecule has 2 aromatic carbocycles. The van der Waals surface area contributed by atoms with Gasteiger partial charge in [-0.05, 0) is 43.3 Å². The predicted molar refractivity (Wildman–Crippen MR) is 110 cm³/mol. The molecule has 3 aromatic rings. The van der Waals surface area contributed by atoms with Crippen LogP contribution < -0.4 is 5.32 Å². The van der Waals surface area contributed by atoms with Crippen LogP contribution >= 0.6 is 0 Å². The summed E-state index contributed by atoms with van der Waals surface area (Å²) >= 11 is 4.39. The summed E-state index contributed by atoms with van der Waals surface area (Å²) in [6, 6.07) is 12.7. The largest absolute Gasteiger partial charge is 0.322 e. The number of carbonyl (C=O) groups is 2. The van der Waals surface area contributed by atoms with E-state index < -0.39 is 17.6 Å². The van der Waals surface area contributed by atoms with E-state index in [-0.39, 0.29) is 11.1 Å². The normalized spacial score (nSPS) is 9.86. The van der Waals surface area contributed by atoms with Crippen molar-refractivity contribution in [1.29, 1.82) is 0 Å². The molecule has 0 unspecified atom stereocenters. The number of aromatic nitrogens is 1. The van der Waals surface area contributed by atoms with Gasteiger partial charge in [-0.1, -0.05) is 29.5 Å².